The van der Waals surface area contributed by atoms with Gasteiger partial charge in [-0.05, 0) is 56.0 Å². The number of anilines is 1. The maximum atomic E-state index is 12.5. The molecule has 2 aromatic rings. The number of amides is 2. The highest BCUT2D eigenvalue weighted by atomic mass is 16.2. The molecule has 3 rings (SSSR count). The molecule has 0 spiro atoms. The van der Waals surface area contributed by atoms with Crippen LogP contribution in [0.4, 0.5) is 5.69 Å². The fourth-order valence-electron chi connectivity index (χ4n) is 2.76. The van der Waals surface area contributed by atoms with E-state index in [-0.39, 0.29) is 23.8 Å². The van der Waals surface area contributed by atoms with Crippen LogP contribution in [0.25, 0.3) is 0 Å². The average Bonchev–Trinajstić information content (AvgIpc) is 3.46. The molecule has 1 unspecified atom stereocenters. The Morgan fingerprint density at radius 3 is 2.24 bits per heavy atom. The smallest absolute Gasteiger partial charge is 0.251 e. The minimum Gasteiger partial charge on any atom is -0.345 e. The Hall–Kier alpha value is -2.62. The second-order valence-electron chi connectivity index (χ2n) is 6.69. The summed E-state index contributed by atoms with van der Waals surface area (Å²) >= 11 is 0. The zero-order chi connectivity index (χ0) is 17.8. The molecule has 0 bridgehead atoms. The van der Waals surface area contributed by atoms with Crippen molar-refractivity contribution in [3.8, 4) is 0 Å². The molecule has 1 aliphatic carbocycles. The molecule has 0 aliphatic heterocycles. The van der Waals surface area contributed by atoms with Crippen molar-refractivity contribution in [1.29, 1.82) is 0 Å². The van der Waals surface area contributed by atoms with Gasteiger partial charge < -0.3 is 10.6 Å². The SMILES string of the molecule is CCC(NC(=O)c1ccc(NC(=O)C2CC2)cc1)c1ccc(C)cc1. The monoisotopic (exact) mass is 336 g/mol. The van der Waals surface area contributed by atoms with E-state index in [0.29, 0.717) is 5.56 Å². The number of hydrogen-bond donors (Lipinski definition) is 2. The highest BCUT2D eigenvalue weighted by molar-refractivity contribution is 5.97. The Labute approximate surface area is 148 Å². The van der Waals surface area contributed by atoms with Crippen LogP contribution in [-0.2, 0) is 4.79 Å². The van der Waals surface area contributed by atoms with Crippen molar-refractivity contribution in [1.82, 2.24) is 5.32 Å². The number of nitrogens with one attached hydrogen (secondary N) is 2. The van der Waals surface area contributed by atoms with E-state index in [1.54, 1.807) is 24.3 Å². The molecule has 130 valence electrons. The van der Waals surface area contributed by atoms with Crippen molar-refractivity contribution in [3.63, 3.8) is 0 Å². The van der Waals surface area contributed by atoms with Gasteiger partial charge in [-0.2, -0.15) is 0 Å². The van der Waals surface area contributed by atoms with Crippen LogP contribution in [0.1, 0.15) is 53.7 Å². The summed E-state index contributed by atoms with van der Waals surface area (Å²) in [6.45, 7) is 4.11. The van der Waals surface area contributed by atoms with E-state index in [1.807, 2.05) is 6.92 Å². The molecule has 0 aromatic heterocycles. The fraction of sp³-hybridized carbons (Fsp3) is 0.333. The van der Waals surface area contributed by atoms with E-state index in [0.717, 1.165) is 30.5 Å². The third-order valence-electron chi connectivity index (χ3n) is 4.56. The summed E-state index contributed by atoms with van der Waals surface area (Å²) in [6.07, 6.45) is 2.78. The standard InChI is InChI=1S/C21H24N2O2/c1-3-19(15-6-4-14(2)5-7-15)23-21(25)17-10-12-18(13-11-17)22-20(24)16-8-9-16/h4-7,10-13,16,19H,3,8-9H2,1-2H3,(H,22,24)(H,23,25). The van der Waals surface area contributed by atoms with Crippen LogP contribution in [0.3, 0.4) is 0 Å². The van der Waals surface area contributed by atoms with Crippen LogP contribution in [0.5, 0.6) is 0 Å². The van der Waals surface area contributed by atoms with Crippen LogP contribution in [-0.4, -0.2) is 11.8 Å². The highest BCUT2D eigenvalue weighted by Gasteiger charge is 2.29. The molecule has 4 nitrogen and oxygen atoms in total. The molecular formula is C21H24N2O2. The average molecular weight is 336 g/mol. The molecule has 0 saturated heterocycles. The zero-order valence-electron chi connectivity index (χ0n) is 14.7. The lowest BCUT2D eigenvalue weighted by Gasteiger charge is -2.18. The van der Waals surface area contributed by atoms with E-state index in [4.69, 9.17) is 0 Å². The Morgan fingerprint density at radius 1 is 1.04 bits per heavy atom. The lowest BCUT2D eigenvalue weighted by atomic mass is 10.0. The first kappa shape index (κ1) is 17.2. The molecule has 2 aromatic carbocycles. The van der Waals surface area contributed by atoms with Crippen LogP contribution in [0.15, 0.2) is 48.5 Å². The van der Waals surface area contributed by atoms with Crippen molar-refractivity contribution in [2.75, 3.05) is 5.32 Å². The summed E-state index contributed by atoms with van der Waals surface area (Å²) in [6, 6.07) is 15.3. The first-order valence-corrected chi connectivity index (χ1v) is 8.85. The molecule has 1 saturated carbocycles. The number of rotatable bonds is 6. The zero-order valence-corrected chi connectivity index (χ0v) is 14.7. The van der Waals surface area contributed by atoms with Crippen LogP contribution < -0.4 is 10.6 Å². The number of benzene rings is 2. The van der Waals surface area contributed by atoms with Gasteiger partial charge >= 0.3 is 0 Å². The number of hydrogen-bond acceptors (Lipinski definition) is 2. The fourth-order valence-corrected chi connectivity index (χ4v) is 2.76. The maximum Gasteiger partial charge on any atom is 0.251 e. The number of carbonyl (C=O) groups is 2. The van der Waals surface area contributed by atoms with E-state index >= 15 is 0 Å². The van der Waals surface area contributed by atoms with Gasteiger partial charge in [-0.3, -0.25) is 9.59 Å². The van der Waals surface area contributed by atoms with Gasteiger partial charge in [0.1, 0.15) is 0 Å². The quantitative estimate of drug-likeness (QED) is 0.829. The molecule has 1 fully saturated rings. The predicted molar refractivity (Wildman–Crippen MR) is 99.5 cm³/mol. The summed E-state index contributed by atoms with van der Waals surface area (Å²) in [7, 11) is 0. The molecule has 1 atom stereocenters. The summed E-state index contributed by atoms with van der Waals surface area (Å²) in [5, 5.41) is 5.96. The number of carbonyl (C=O) groups excluding carboxylic acids is 2. The molecule has 2 amide bonds. The predicted octanol–water partition coefficient (Wildman–Crippen LogP) is 4.22. The van der Waals surface area contributed by atoms with Crippen molar-refractivity contribution >= 4 is 17.5 Å². The van der Waals surface area contributed by atoms with Crippen LogP contribution >= 0.6 is 0 Å². The molecule has 0 radical (unpaired) electrons. The van der Waals surface area contributed by atoms with E-state index in [2.05, 4.69) is 41.8 Å². The lowest BCUT2D eigenvalue weighted by molar-refractivity contribution is -0.117. The first-order valence-electron chi connectivity index (χ1n) is 8.85. The Morgan fingerprint density at radius 2 is 1.68 bits per heavy atom. The molecule has 4 heteroatoms. The minimum absolute atomic E-state index is 0.0117. The molecule has 0 heterocycles. The van der Waals surface area contributed by atoms with Gasteiger partial charge in [-0.25, -0.2) is 0 Å². The van der Waals surface area contributed by atoms with Gasteiger partial charge in [0.2, 0.25) is 5.91 Å². The van der Waals surface area contributed by atoms with E-state index in [9.17, 15) is 9.59 Å². The lowest BCUT2D eigenvalue weighted by Crippen LogP contribution is -2.28. The van der Waals surface area contributed by atoms with Crippen LogP contribution in [0, 0.1) is 12.8 Å². The van der Waals surface area contributed by atoms with Gasteiger partial charge in [0.15, 0.2) is 0 Å². The van der Waals surface area contributed by atoms with Crippen LogP contribution in [0.2, 0.25) is 0 Å². The summed E-state index contributed by atoms with van der Waals surface area (Å²) in [5.41, 5.74) is 3.64. The normalized spacial score (nSPS) is 14.6. The Kier molecular flexibility index (Phi) is 5.17. The largest absolute Gasteiger partial charge is 0.345 e. The second kappa shape index (κ2) is 7.51. The first-order chi connectivity index (χ1) is 12.1. The summed E-state index contributed by atoms with van der Waals surface area (Å²) < 4.78 is 0. The number of aryl methyl sites for hydroxylation is 1. The van der Waals surface area contributed by atoms with Crippen molar-refractivity contribution < 1.29 is 9.59 Å². The van der Waals surface area contributed by atoms with Gasteiger partial charge in [-0.1, -0.05) is 36.8 Å². The Bertz CT molecular complexity index is 746. The summed E-state index contributed by atoms with van der Waals surface area (Å²) in [5.74, 6) is 0.137. The van der Waals surface area contributed by atoms with Crippen molar-refractivity contribution in [2.45, 2.75) is 39.2 Å². The maximum absolute atomic E-state index is 12.5. The summed E-state index contributed by atoms with van der Waals surface area (Å²) in [4.78, 5) is 24.3. The topological polar surface area (TPSA) is 58.2 Å². The molecule has 2 N–H and O–H groups in total. The Balaban J connectivity index is 1.63. The van der Waals surface area contributed by atoms with Gasteiger partial charge in [-0.15, -0.1) is 0 Å². The minimum atomic E-state index is -0.104. The molecule has 1 aliphatic rings. The van der Waals surface area contributed by atoms with Gasteiger partial charge in [0.25, 0.3) is 5.91 Å². The third-order valence-corrected chi connectivity index (χ3v) is 4.56. The molecule has 25 heavy (non-hydrogen) atoms. The highest BCUT2D eigenvalue weighted by Crippen LogP contribution is 2.30. The second-order valence-corrected chi connectivity index (χ2v) is 6.69. The van der Waals surface area contributed by atoms with Gasteiger partial charge in [0, 0.05) is 17.2 Å². The van der Waals surface area contributed by atoms with Crippen molar-refractivity contribution in [2.24, 2.45) is 5.92 Å². The van der Waals surface area contributed by atoms with E-state index in [1.165, 1.54) is 5.56 Å². The van der Waals surface area contributed by atoms with E-state index < -0.39 is 0 Å². The van der Waals surface area contributed by atoms with Crippen molar-refractivity contribution in [3.05, 3.63) is 65.2 Å². The van der Waals surface area contributed by atoms with Gasteiger partial charge in [0.05, 0.1) is 6.04 Å². The third kappa shape index (κ3) is 4.47. The molecular weight excluding hydrogens is 312 g/mol.